The Kier molecular flexibility index (Phi) is 7.72. The number of fused-ring (bicyclic) bond motifs is 2. The fraction of sp³-hybridized carbons (Fsp3) is 0.310. The maximum Gasteiger partial charge on any atom is 0.272 e. The summed E-state index contributed by atoms with van der Waals surface area (Å²) in [6.07, 6.45) is 6.90. The van der Waals surface area contributed by atoms with Gasteiger partial charge in [-0.3, -0.25) is 19.4 Å². The van der Waals surface area contributed by atoms with Crippen molar-refractivity contribution in [3.8, 4) is 11.5 Å². The average Bonchev–Trinajstić information content (AvgIpc) is 3.25. The minimum absolute atomic E-state index is 0.0301. The molecular weight excluding hydrogens is 512 g/mol. The summed E-state index contributed by atoms with van der Waals surface area (Å²) < 4.78 is 7.35. The molecule has 3 heterocycles. The Balaban J connectivity index is 1.13. The maximum atomic E-state index is 13.0. The lowest BCUT2D eigenvalue weighted by molar-refractivity contribution is -0.116. The molecule has 3 aromatic rings. The highest BCUT2D eigenvalue weighted by Gasteiger charge is 2.31. The van der Waals surface area contributed by atoms with Gasteiger partial charge in [-0.15, -0.1) is 0 Å². The quantitative estimate of drug-likeness (QED) is 0.248. The molecule has 0 unspecified atom stereocenters. The van der Waals surface area contributed by atoms with Crippen LogP contribution in [-0.2, 0) is 11.8 Å². The predicted molar refractivity (Wildman–Crippen MR) is 153 cm³/mol. The average molecular weight is 545 g/mol. The number of aryl methyl sites for hydroxylation is 1. The second-order valence-corrected chi connectivity index (χ2v) is 9.98. The number of aromatic hydroxyl groups is 1. The summed E-state index contributed by atoms with van der Waals surface area (Å²) in [5.41, 5.74) is 8.59. The van der Waals surface area contributed by atoms with Gasteiger partial charge in [-0.1, -0.05) is 0 Å². The molecule has 2 aliphatic heterocycles. The first-order valence-electron chi connectivity index (χ1n) is 13.3. The molecule has 208 valence electrons. The van der Waals surface area contributed by atoms with Crippen LogP contribution in [0.3, 0.4) is 0 Å². The van der Waals surface area contributed by atoms with E-state index in [0.717, 1.165) is 19.3 Å². The van der Waals surface area contributed by atoms with E-state index in [0.29, 0.717) is 47.0 Å². The molecular formula is C29H32N6O5. The summed E-state index contributed by atoms with van der Waals surface area (Å²) in [5, 5.41) is 16.1. The smallest absolute Gasteiger partial charge is 0.272 e. The van der Waals surface area contributed by atoms with E-state index in [1.54, 1.807) is 65.3 Å². The third-order valence-electron chi connectivity index (χ3n) is 7.00. The molecule has 40 heavy (non-hydrogen) atoms. The third kappa shape index (κ3) is 5.93. The van der Waals surface area contributed by atoms with Crippen LogP contribution in [0.25, 0.3) is 0 Å². The Morgan fingerprint density at radius 2 is 1.93 bits per heavy atom. The van der Waals surface area contributed by atoms with Crippen molar-refractivity contribution in [2.75, 3.05) is 29.5 Å². The Hall–Kier alpha value is -4.80. The van der Waals surface area contributed by atoms with Crippen molar-refractivity contribution in [2.24, 2.45) is 12.0 Å². The van der Waals surface area contributed by atoms with E-state index in [4.69, 9.17) is 10.5 Å². The zero-order valence-corrected chi connectivity index (χ0v) is 22.2. The van der Waals surface area contributed by atoms with E-state index >= 15 is 0 Å². The minimum atomic E-state index is -0.316. The number of piperidine rings is 1. The molecule has 2 aromatic carbocycles. The largest absolute Gasteiger partial charge is 0.504 e. The lowest BCUT2D eigenvalue weighted by Crippen LogP contribution is -2.43. The fourth-order valence-corrected chi connectivity index (χ4v) is 4.90. The zero-order chi connectivity index (χ0) is 28.2. The number of aromatic nitrogens is 1. The summed E-state index contributed by atoms with van der Waals surface area (Å²) in [6, 6.07) is 11.4. The van der Waals surface area contributed by atoms with Crippen molar-refractivity contribution in [2.45, 2.75) is 38.1 Å². The highest BCUT2D eigenvalue weighted by atomic mass is 16.5. The normalized spacial score (nSPS) is 16.1. The summed E-state index contributed by atoms with van der Waals surface area (Å²) in [6.45, 7) is 0.855. The molecule has 1 atom stereocenters. The predicted octanol–water partition coefficient (Wildman–Crippen LogP) is 4.07. The minimum Gasteiger partial charge on any atom is -0.504 e. The third-order valence-corrected chi connectivity index (χ3v) is 7.00. The number of benzene rings is 2. The number of phenolic OH excluding ortho intramolecular Hbond substituents is 1. The number of nitrogens with one attached hydrogen (secondary N) is 2. The lowest BCUT2D eigenvalue weighted by Gasteiger charge is -2.32. The van der Waals surface area contributed by atoms with Crippen molar-refractivity contribution >= 4 is 46.7 Å². The van der Waals surface area contributed by atoms with Gasteiger partial charge in [0.05, 0.1) is 29.6 Å². The van der Waals surface area contributed by atoms with Crippen molar-refractivity contribution in [3.05, 3.63) is 59.9 Å². The second-order valence-electron chi connectivity index (χ2n) is 9.98. The number of hydrogen-bond donors (Lipinski definition) is 4. The van der Waals surface area contributed by atoms with E-state index in [1.807, 2.05) is 0 Å². The number of aliphatic imine (C=N–C) groups is 1. The van der Waals surface area contributed by atoms with Gasteiger partial charge < -0.3 is 35.7 Å². The number of carbonyl (C=O) groups is 3. The number of nitrogen functional groups attached to an aromatic ring is 1. The molecule has 11 heteroatoms. The van der Waals surface area contributed by atoms with Gasteiger partial charge >= 0.3 is 0 Å². The van der Waals surface area contributed by atoms with Crippen molar-refractivity contribution in [1.29, 1.82) is 0 Å². The van der Waals surface area contributed by atoms with Gasteiger partial charge in [-0.2, -0.15) is 0 Å². The van der Waals surface area contributed by atoms with Crippen molar-refractivity contribution < 1.29 is 24.2 Å². The topological polar surface area (TPSA) is 151 Å². The van der Waals surface area contributed by atoms with Crippen LogP contribution in [-0.4, -0.2) is 57.7 Å². The van der Waals surface area contributed by atoms with E-state index < -0.39 is 0 Å². The Labute approximate surface area is 231 Å². The molecule has 0 saturated carbocycles. The highest BCUT2D eigenvalue weighted by molar-refractivity contribution is 6.05. The van der Waals surface area contributed by atoms with Crippen LogP contribution in [0.2, 0.25) is 0 Å². The number of amides is 3. The first-order valence-corrected chi connectivity index (χ1v) is 13.3. The van der Waals surface area contributed by atoms with Crippen LogP contribution >= 0.6 is 0 Å². The van der Waals surface area contributed by atoms with Gasteiger partial charge in [0, 0.05) is 49.9 Å². The zero-order valence-electron chi connectivity index (χ0n) is 22.2. The van der Waals surface area contributed by atoms with E-state index in [9.17, 15) is 19.5 Å². The number of nitrogens with zero attached hydrogens (tertiary/aromatic N) is 3. The van der Waals surface area contributed by atoms with Crippen LogP contribution in [0.15, 0.2) is 53.7 Å². The van der Waals surface area contributed by atoms with Crippen molar-refractivity contribution in [3.63, 3.8) is 0 Å². The summed E-state index contributed by atoms with van der Waals surface area (Å²) in [5.74, 6) is -0.621. The molecule has 5 rings (SSSR count). The maximum absolute atomic E-state index is 13.0. The van der Waals surface area contributed by atoms with Gasteiger partial charge in [0.2, 0.25) is 5.91 Å². The molecule has 3 amide bonds. The summed E-state index contributed by atoms with van der Waals surface area (Å²) >= 11 is 0. The van der Waals surface area contributed by atoms with Crippen LogP contribution in [0.4, 0.5) is 22.7 Å². The number of ether oxygens (including phenoxy) is 1. The molecule has 5 N–H and O–H groups in total. The lowest BCUT2D eigenvalue weighted by atomic mass is 10.0. The molecule has 1 fully saturated rings. The van der Waals surface area contributed by atoms with E-state index in [-0.39, 0.29) is 48.3 Å². The number of anilines is 3. The van der Waals surface area contributed by atoms with Gasteiger partial charge in [-0.05, 0) is 62.1 Å². The van der Waals surface area contributed by atoms with Gasteiger partial charge in [-0.25, -0.2) is 0 Å². The summed E-state index contributed by atoms with van der Waals surface area (Å²) in [7, 11) is 1.72. The van der Waals surface area contributed by atoms with Gasteiger partial charge in [0.25, 0.3) is 11.8 Å². The Morgan fingerprint density at radius 1 is 1.12 bits per heavy atom. The Bertz CT molecular complexity index is 1460. The molecule has 1 saturated heterocycles. The molecule has 0 radical (unpaired) electrons. The van der Waals surface area contributed by atoms with Crippen LogP contribution in [0.1, 0.15) is 53.0 Å². The molecule has 11 nitrogen and oxygen atoms in total. The number of carbonyl (C=O) groups excluding carboxylic acids is 3. The standard InChI is InChI=1S/C29H32N6O5/c1-34-17-20(13-24(34)28(38)33-19-9-7-18(30)8-10-19)32-27(37)6-4-12-40-26-15-23-22(14-25(26)36)29(39)35-11-3-2-5-21(35)16-31-23/h7-10,13-17,21,36H,2-6,11-12,30H2,1H3,(H,32,37)(H,33,38)/t21-/m0/s1. The van der Waals surface area contributed by atoms with Gasteiger partial charge in [0.15, 0.2) is 11.5 Å². The summed E-state index contributed by atoms with van der Waals surface area (Å²) in [4.78, 5) is 44.4. The molecule has 2 aliphatic rings. The van der Waals surface area contributed by atoms with E-state index in [2.05, 4.69) is 15.6 Å². The number of hydrogen-bond acceptors (Lipinski definition) is 7. The molecule has 0 bridgehead atoms. The van der Waals surface area contributed by atoms with E-state index in [1.165, 1.54) is 6.07 Å². The van der Waals surface area contributed by atoms with Crippen LogP contribution in [0.5, 0.6) is 11.5 Å². The SMILES string of the molecule is Cn1cc(NC(=O)CCCOc2cc3c(cc2O)C(=O)N2CCCC[C@H]2C=N3)cc1C(=O)Nc1ccc(N)cc1. The van der Waals surface area contributed by atoms with Crippen LogP contribution < -0.4 is 21.1 Å². The number of nitrogens with two attached hydrogens (primary N) is 1. The second kappa shape index (κ2) is 11.5. The molecule has 0 aliphatic carbocycles. The Morgan fingerprint density at radius 3 is 2.73 bits per heavy atom. The highest BCUT2D eigenvalue weighted by Crippen LogP contribution is 2.37. The van der Waals surface area contributed by atoms with Crippen LogP contribution in [0, 0.1) is 0 Å². The monoisotopic (exact) mass is 544 g/mol. The number of rotatable bonds is 8. The molecule has 1 aromatic heterocycles. The van der Waals surface area contributed by atoms with Gasteiger partial charge in [0.1, 0.15) is 5.69 Å². The fourth-order valence-electron chi connectivity index (χ4n) is 4.90. The molecule has 0 spiro atoms. The number of phenols is 1. The first-order chi connectivity index (χ1) is 19.3. The first kappa shape index (κ1) is 26.8. The van der Waals surface area contributed by atoms with Crippen molar-refractivity contribution in [1.82, 2.24) is 9.47 Å².